The monoisotopic (exact) mass is 290 g/mol. The molecule has 1 rings (SSSR count). The first kappa shape index (κ1) is 17.9. The van der Waals surface area contributed by atoms with Gasteiger partial charge in [0.1, 0.15) is 12.2 Å². The van der Waals surface area contributed by atoms with Crippen molar-refractivity contribution >= 4 is 0 Å². The molecule has 0 aromatic carbocycles. The van der Waals surface area contributed by atoms with E-state index in [2.05, 4.69) is 13.8 Å². The third kappa shape index (κ3) is 5.30. The van der Waals surface area contributed by atoms with Gasteiger partial charge >= 0.3 is 0 Å². The first-order chi connectivity index (χ1) is 9.61. The van der Waals surface area contributed by atoms with Crippen LogP contribution < -0.4 is 0 Å². The summed E-state index contributed by atoms with van der Waals surface area (Å²) in [5.74, 6) is -0.242. The van der Waals surface area contributed by atoms with E-state index in [1.165, 1.54) is 0 Å². The van der Waals surface area contributed by atoms with E-state index in [1.54, 1.807) is 0 Å². The number of ether oxygens (including phenoxy) is 3. The van der Waals surface area contributed by atoms with Crippen molar-refractivity contribution < 1.29 is 24.4 Å². The standard InChI is InChI=1S/C15H30O5/c1-4-6-8-18-10-12-13(16)14(19-9-7-5-2)11(3)15(17)20-12/h11-17H,4-10H2,1-3H3/t11-,12?,13+,14?,15+/m0/s1. The minimum absolute atomic E-state index is 0.242. The molecule has 120 valence electrons. The van der Waals surface area contributed by atoms with Crippen molar-refractivity contribution in [1.82, 2.24) is 0 Å². The maximum atomic E-state index is 10.3. The van der Waals surface area contributed by atoms with Gasteiger partial charge in [0.15, 0.2) is 6.29 Å². The summed E-state index contributed by atoms with van der Waals surface area (Å²) in [6, 6.07) is 0. The molecule has 1 saturated heterocycles. The average Bonchev–Trinajstić information content (AvgIpc) is 2.44. The molecule has 5 nitrogen and oxygen atoms in total. The summed E-state index contributed by atoms with van der Waals surface area (Å²) >= 11 is 0. The zero-order valence-corrected chi connectivity index (χ0v) is 13.0. The number of aliphatic hydroxyl groups is 2. The van der Waals surface area contributed by atoms with Gasteiger partial charge in [-0.15, -0.1) is 0 Å². The molecule has 0 aliphatic carbocycles. The highest BCUT2D eigenvalue weighted by Crippen LogP contribution is 2.27. The number of unbranched alkanes of at least 4 members (excludes halogenated alkanes) is 2. The van der Waals surface area contributed by atoms with Crippen LogP contribution in [0.4, 0.5) is 0 Å². The minimum Gasteiger partial charge on any atom is -0.388 e. The van der Waals surface area contributed by atoms with Crippen LogP contribution in [0.1, 0.15) is 46.5 Å². The molecule has 2 N–H and O–H groups in total. The van der Waals surface area contributed by atoms with Gasteiger partial charge in [0.25, 0.3) is 0 Å². The molecular formula is C15H30O5. The van der Waals surface area contributed by atoms with E-state index in [0.717, 1.165) is 25.7 Å². The summed E-state index contributed by atoms with van der Waals surface area (Å²) in [6.07, 6.45) is 1.45. The van der Waals surface area contributed by atoms with Gasteiger partial charge in [-0.1, -0.05) is 33.6 Å². The van der Waals surface area contributed by atoms with Crippen LogP contribution >= 0.6 is 0 Å². The summed E-state index contributed by atoms with van der Waals surface area (Å²) in [5.41, 5.74) is 0. The molecule has 1 aliphatic rings. The highest BCUT2D eigenvalue weighted by molar-refractivity contribution is 4.88. The van der Waals surface area contributed by atoms with Gasteiger partial charge in [-0.2, -0.15) is 0 Å². The third-order valence-electron chi connectivity index (χ3n) is 3.73. The van der Waals surface area contributed by atoms with E-state index in [1.807, 2.05) is 6.92 Å². The molecule has 0 aromatic heterocycles. The Morgan fingerprint density at radius 1 is 1.05 bits per heavy atom. The molecule has 0 saturated carbocycles. The lowest BCUT2D eigenvalue weighted by Gasteiger charge is -2.41. The van der Waals surface area contributed by atoms with Gasteiger partial charge in [-0.05, 0) is 12.8 Å². The third-order valence-corrected chi connectivity index (χ3v) is 3.73. The Morgan fingerprint density at radius 2 is 1.70 bits per heavy atom. The van der Waals surface area contributed by atoms with E-state index < -0.39 is 24.6 Å². The zero-order chi connectivity index (χ0) is 15.0. The van der Waals surface area contributed by atoms with Gasteiger partial charge < -0.3 is 24.4 Å². The van der Waals surface area contributed by atoms with Crippen LogP contribution in [0.15, 0.2) is 0 Å². The quantitative estimate of drug-likeness (QED) is 0.633. The summed E-state index contributed by atoms with van der Waals surface area (Å²) in [4.78, 5) is 0. The maximum absolute atomic E-state index is 10.3. The zero-order valence-electron chi connectivity index (χ0n) is 13.0. The lowest BCUT2D eigenvalue weighted by Crippen LogP contribution is -2.56. The number of aliphatic hydroxyl groups excluding tert-OH is 2. The Labute approximate surface area is 122 Å². The molecule has 5 heteroatoms. The molecular weight excluding hydrogens is 260 g/mol. The van der Waals surface area contributed by atoms with Crippen molar-refractivity contribution in [3.8, 4) is 0 Å². The normalized spacial score (nSPS) is 34.4. The van der Waals surface area contributed by atoms with Crippen molar-refractivity contribution in [3.63, 3.8) is 0 Å². The Hall–Kier alpha value is -0.200. The molecule has 5 atom stereocenters. The highest BCUT2D eigenvalue weighted by Gasteiger charge is 2.43. The van der Waals surface area contributed by atoms with Crippen molar-refractivity contribution in [2.75, 3.05) is 19.8 Å². The van der Waals surface area contributed by atoms with Crippen LogP contribution in [0.2, 0.25) is 0 Å². The molecule has 20 heavy (non-hydrogen) atoms. The molecule has 2 unspecified atom stereocenters. The lowest BCUT2D eigenvalue weighted by molar-refractivity contribution is -0.276. The smallest absolute Gasteiger partial charge is 0.160 e. The first-order valence-electron chi connectivity index (χ1n) is 7.82. The molecule has 1 fully saturated rings. The van der Waals surface area contributed by atoms with Crippen molar-refractivity contribution in [2.45, 2.75) is 71.1 Å². The number of hydrogen-bond acceptors (Lipinski definition) is 5. The predicted molar refractivity (Wildman–Crippen MR) is 76.4 cm³/mol. The molecule has 0 spiro atoms. The van der Waals surface area contributed by atoms with Crippen LogP contribution in [-0.4, -0.2) is 54.6 Å². The highest BCUT2D eigenvalue weighted by atomic mass is 16.6. The van der Waals surface area contributed by atoms with Crippen LogP contribution in [0.25, 0.3) is 0 Å². The Kier molecular flexibility index (Phi) is 8.64. The van der Waals surface area contributed by atoms with Crippen LogP contribution in [0.3, 0.4) is 0 Å². The van der Waals surface area contributed by atoms with Gasteiger partial charge in [-0.25, -0.2) is 0 Å². The molecule has 0 aromatic rings. The second kappa shape index (κ2) is 9.68. The summed E-state index contributed by atoms with van der Waals surface area (Å²) in [5, 5.41) is 20.3. The Morgan fingerprint density at radius 3 is 2.35 bits per heavy atom. The molecule has 1 aliphatic heterocycles. The van der Waals surface area contributed by atoms with Crippen LogP contribution in [0.5, 0.6) is 0 Å². The van der Waals surface area contributed by atoms with Crippen molar-refractivity contribution in [1.29, 1.82) is 0 Å². The fourth-order valence-corrected chi connectivity index (χ4v) is 2.27. The Bertz CT molecular complexity index is 248. The molecule has 0 amide bonds. The van der Waals surface area contributed by atoms with Crippen molar-refractivity contribution in [2.24, 2.45) is 5.92 Å². The van der Waals surface area contributed by atoms with Gasteiger partial charge in [-0.3, -0.25) is 0 Å². The second-order valence-corrected chi connectivity index (χ2v) is 5.53. The predicted octanol–water partition coefficient (Wildman–Crippen LogP) is 1.70. The summed E-state index contributed by atoms with van der Waals surface area (Å²) in [7, 11) is 0. The first-order valence-corrected chi connectivity index (χ1v) is 7.82. The fraction of sp³-hybridized carbons (Fsp3) is 1.00. The number of rotatable bonds is 9. The average molecular weight is 290 g/mol. The van der Waals surface area contributed by atoms with E-state index in [-0.39, 0.29) is 5.92 Å². The Balaban J connectivity index is 2.46. The molecule has 1 heterocycles. The van der Waals surface area contributed by atoms with E-state index in [0.29, 0.717) is 19.8 Å². The minimum atomic E-state index is -0.912. The van der Waals surface area contributed by atoms with Gasteiger partial charge in [0.2, 0.25) is 0 Å². The topological polar surface area (TPSA) is 68.2 Å². The largest absolute Gasteiger partial charge is 0.388 e. The van der Waals surface area contributed by atoms with E-state index in [9.17, 15) is 10.2 Å². The van der Waals surface area contributed by atoms with Crippen LogP contribution in [-0.2, 0) is 14.2 Å². The lowest BCUT2D eigenvalue weighted by atomic mass is 9.92. The van der Waals surface area contributed by atoms with Gasteiger partial charge in [0.05, 0.1) is 12.7 Å². The van der Waals surface area contributed by atoms with Gasteiger partial charge in [0, 0.05) is 19.1 Å². The summed E-state index contributed by atoms with van der Waals surface area (Å²) < 4.78 is 16.6. The molecule has 0 radical (unpaired) electrons. The van der Waals surface area contributed by atoms with Crippen LogP contribution in [0, 0.1) is 5.92 Å². The van der Waals surface area contributed by atoms with E-state index >= 15 is 0 Å². The second-order valence-electron chi connectivity index (χ2n) is 5.53. The molecule has 0 bridgehead atoms. The SMILES string of the molecule is CCCCOCC1O[C@@H](O)[C@@H](C)C(OCCCC)[C@@H]1O. The van der Waals surface area contributed by atoms with Crippen molar-refractivity contribution in [3.05, 3.63) is 0 Å². The fourth-order valence-electron chi connectivity index (χ4n) is 2.27. The number of hydrogen-bond donors (Lipinski definition) is 2. The van der Waals surface area contributed by atoms with E-state index in [4.69, 9.17) is 14.2 Å². The summed E-state index contributed by atoms with van der Waals surface area (Å²) in [6.45, 7) is 7.55. The maximum Gasteiger partial charge on any atom is 0.160 e.